The summed E-state index contributed by atoms with van der Waals surface area (Å²) >= 11 is 0. The molecule has 0 aliphatic carbocycles. The number of ether oxygens (including phenoxy) is 1. The SMILES string of the molecule is COc1ccc(CCNC(=O)c2cc(-c3cccnc3)nc3c2cnn3C)cc1. The van der Waals surface area contributed by atoms with E-state index in [0.717, 1.165) is 28.7 Å². The fourth-order valence-corrected chi connectivity index (χ4v) is 3.17. The van der Waals surface area contributed by atoms with Crippen LogP contribution >= 0.6 is 0 Å². The lowest BCUT2D eigenvalue weighted by Crippen LogP contribution is -2.26. The number of benzene rings is 1. The van der Waals surface area contributed by atoms with Crippen molar-refractivity contribution >= 4 is 16.9 Å². The molecule has 0 unspecified atom stereocenters. The van der Waals surface area contributed by atoms with Gasteiger partial charge in [0.15, 0.2) is 5.65 Å². The number of nitrogens with one attached hydrogen (secondary N) is 1. The Bertz CT molecular complexity index is 1140. The van der Waals surface area contributed by atoms with Crippen molar-refractivity contribution in [3.63, 3.8) is 0 Å². The maximum atomic E-state index is 12.9. The van der Waals surface area contributed by atoms with E-state index in [4.69, 9.17) is 4.74 Å². The third-order valence-electron chi connectivity index (χ3n) is 4.77. The molecule has 146 valence electrons. The molecule has 3 heterocycles. The quantitative estimate of drug-likeness (QED) is 0.550. The zero-order valence-electron chi connectivity index (χ0n) is 16.3. The van der Waals surface area contributed by atoms with E-state index < -0.39 is 0 Å². The Morgan fingerprint density at radius 1 is 1.17 bits per heavy atom. The van der Waals surface area contributed by atoms with E-state index in [1.54, 1.807) is 36.4 Å². The molecular weight excluding hydrogens is 366 g/mol. The minimum Gasteiger partial charge on any atom is -0.497 e. The molecule has 0 radical (unpaired) electrons. The summed E-state index contributed by atoms with van der Waals surface area (Å²) in [5, 5.41) is 7.99. The fraction of sp³-hybridized carbons (Fsp3) is 0.182. The van der Waals surface area contributed by atoms with Gasteiger partial charge in [-0.25, -0.2) is 4.98 Å². The zero-order valence-corrected chi connectivity index (χ0v) is 16.3. The number of rotatable bonds is 6. The number of fused-ring (bicyclic) bond motifs is 1. The monoisotopic (exact) mass is 387 g/mol. The van der Waals surface area contributed by atoms with Crippen LogP contribution in [-0.2, 0) is 13.5 Å². The van der Waals surface area contributed by atoms with Crippen molar-refractivity contribution in [2.45, 2.75) is 6.42 Å². The number of nitrogens with zero attached hydrogens (tertiary/aromatic N) is 4. The molecular formula is C22H21N5O2. The van der Waals surface area contributed by atoms with Crippen LogP contribution in [0.25, 0.3) is 22.3 Å². The molecule has 4 rings (SSSR count). The van der Waals surface area contributed by atoms with Crippen LogP contribution in [0.15, 0.2) is 61.1 Å². The number of amides is 1. The normalized spacial score (nSPS) is 10.8. The first-order chi connectivity index (χ1) is 14.2. The fourth-order valence-electron chi connectivity index (χ4n) is 3.17. The van der Waals surface area contributed by atoms with Gasteiger partial charge in [0.05, 0.1) is 30.0 Å². The molecule has 1 N–H and O–H groups in total. The van der Waals surface area contributed by atoms with Gasteiger partial charge in [-0.2, -0.15) is 5.10 Å². The van der Waals surface area contributed by atoms with Crippen molar-refractivity contribution in [1.29, 1.82) is 0 Å². The Labute approximate surface area is 168 Å². The summed E-state index contributed by atoms with van der Waals surface area (Å²) in [4.78, 5) is 21.7. The largest absolute Gasteiger partial charge is 0.497 e. The first-order valence-corrected chi connectivity index (χ1v) is 9.30. The van der Waals surface area contributed by atoms with Crippen LogP contribution in [0.3, 0.4) is 0 Å². The average molecular weight is 387 g/mol. The lowest BCUT2D eigenvalue weighted by molar-refractivity contribution is 0.0955. The minimum atomic E-state index is -0.149. The molecule has 0 fully saturated rings. The van der Waals surface area contributed by atoms with Gasteiger partial charge in [-0.05, 0) is 42.3 Å². The molecule has 1 aromatic carbocycles. The van der Waals surface area contributed by atoms with Gasteiger partial charge in [-0.1, -0.05) is 12.1 Å². The molecule has 0 aliphatic heterocycles. The van der Waals surface area contributed by atoms with Crippen LogP contribution in [-0.4, -0.2) is 39.3 Å². The Kier molecular flexibility index (Phi) is 5.20. The van der Waals surface area contributed by atoms with Gasteiger partial charge in [0.1, 0.15) is 5.75 Å². The Morgan fingerprint density at radius 3 is 2.72 bits per heavy atom. The van der Waals surface area contributed by atoms with Crippen LogP contribution in [0.1, 0.15) is 15.9 Å². The Balaban J connectivity index is 1.56. The molecule has 4 aromatic rings. The molecule has 0 saturated heterocycles. The van der Waals surface area contributed by atoms with Gasteiger partial charge in [0.2, 0.25) is 0 Å². The number of carbonyl (C=O) groups is 1. The molecule has 7 nitrogen and oxygen atoms in total. The predicted octanol–water partition coefficient (Wildman–Crippen LogP) is 3.01. The number of aromatic nitrogens is 4. The highest BCUT2D eigenvalue weighted by molar-refractivity contribution is 6.06. The Morgan fingerprint density at radius 2 is 2.00 bits per heavy atom. The predicted molar refractivity (Wildman–Crippen MR) is 111 cm³/mol. The summed E-state index contributed by atoms with van der Waals surface area (Å²) < 4.78 is 6.84. The number of hydrogen-bond donors (Lipinski definition) is 1. The van der Waals surface area contributed by atoms with Gasteiger partial charge >= 0.3 is 0 Å². The van der Waals surface area contributed by atoms with E-state index in [9.17, 15) is 4.79 Å². The summed E-state index contributed by atoms with van der Waals surface area (Å²) in [6, 6.07) is 13.4. The smallest absolute Gasteiger partial charge is 0.252 e. The van der Waals surface area contributed by atoms with Gasteiger partial charge in [-0.15, -0.1) is 0 Å². The van der Waals surface area contributed by atoms with Crippen molar-refractivity contribution in [3.8, 4) is 17.0 Å². The number of methoxy groups -OCH3 is 1. The van der Waals surface area contributed by atoms with Gasteiger partial charge in [0.25, 0.3) is 5.91 Å². The van der Waals surface area contributed by atoms with E-state index in [0.29, 0.717) is 23.4 Å². The highest BCUT2D eigenvalue weighted by Crippen LogP contribution is 2.24. The van der Waals surface area contributed by atoms with Crippen LogP contribution in [0.2, 0.25) is 0 Å². The number of aryl methyl sites for hydroxylation is 1. The summed E-state index contributed by atoms with van der Waals surface area (Å²) in [5.41, 5.74) is 3.88. The molecule has 0 aliphatic rings. The topological polar surface area (TPSA) is 81.9 Å². The van der Waals surface area contributed by atoms with E-state index in [1.807, 2.05) is 43.4 Å². The third kappa shape index (κ3) is 3.94. The van der Waals surface area contributed by atoms with Crippen molar-refractivity contribution in [2.24, 2.45) is 7.05 Å². The van der Waals surface area contributed by atoms with Crippen LogP contribution < -0.4 is 10.1 Å². The second kappa shape index (κ2) is 8.10. The summed E-state index contributed by atoms with van der Waals surface area (Å²) in [6.07, 6.45) is 5.84. The average Bonchev–Trinajstić information content (AvgIpc) is 3.15. The van der Waals surface area contributed by atoms with Crippen LogP contribution in [0.4, 0.5) is 0 Å². The second-order valence-corrected chi connectivity index (χ2v) is 6.66. The van der Waals surface area contributed by atoms with E-state index in [2.05, 4.69) is 20.4 Å². The first-order valence-electron chi connectivity index (χ1n) is 9.30. The number of pyridine rings is 2. The van der Waals surface area contributed by atoms with Gasteiger partial charge < -0.3 is 10.1 Å². The van der Waals surface area contributed by atoms with E-state index >= 15 is 0 Å². The second-order valence-electron chi connectivity index (χ2n) is 6.66. The number of hydrogen-bond acceptors (Lipinski definition) is 5. The zero-order chi connectivity index (χ0) is 20.2. The van der Waals surface area contributed by atoms with E-state index in [-0.39, 0.29) is 5.91 Å². The molecule has 29 heavy (non-hydrogen) atoms. The third-order valence-corrected chi connectivity index (χ3v) is 4.77. The lowest BCUT2D eigenvalue weighted by Gasteiger charge is -2.09. The van der Waals surface area contributed by atoms with Crippen LogP contribution in [0.5, 0.6) is 5.75 Å². The summed E-state index contributed by atoms with van der Waals surface area (Å²) in [6.45, 7) is 0.525. The molecule has 7 heteroatoms. The first kappa shape index (κ1) is 18.6. The molecule has 0 atom stereocenters. The van der Waals surface area contributed by atoms with Crippen molar-refractivity contribution in [2.75, 3.05) is 13.7 Å². The molecule has 0 spiro atoms. The van der Waals surface area contributed by atoms with E-state index in [1.165, 1.54) is 0 Å². The maximum Gasteiger partial charge on any atom is 0.252 e. The Hall–Kier alpha value is -3.74. The van der Waals surface area contributed by atoms with Crippen molar-refractivity contribution in [1.82, 2.24) is 25.1 Å². The van der Waals surface area contributed by atoms with Crippen LogP contribution in [0, 0.1) is 0 Å². The van der Waals surface area contributed by atoms with Crippen molar-refractivity contribution < 1.29 is 9.53 Å². The highest BCUT2D eigenvalue weighted by atomic mass is 16.5. The minimum absolute atomic E-state index is 0.149. The standard InChI is InChI=1S/C22H21N5O2/c1-27-21-19(14-25-27)18(12-20(26-21)16-4-3-10-23-13-16)22(28)24-11-9-15-5-7-17(29-2)8-6-15/h3-8,10,12-14H,9,11H2,1-2H3,(H,24,28). The molecule has 0 saturated carbocycles. The molecule has 3 aromatic heterocycles. The van der Waals surface area contributed by atoms with Crippen molar-refractivity contribution in [3.05, 3.63) is 72.2 Å². The summed E-state index contributed by atoms with van der Waals surface area (Å²) in [5.74, 6) is 0.667. The molecule has 0 bridgehead atoms. The molecule has 1 amide bonds. The lowest BCUT2D eigenvalue weighted by atomic mass is 10.1. The van der Waals surface area contributed by atoms with Gasteiger partial charge in [-0.3, -0.25) is 14.5 Å². The highest BCUT2D eigenvalue weighted by Gasteiger charge is 2.16. The number of carbonyl (C=O) groups excluding carboxylic acids is 1. The van der Waals surface area contributed by atoms with Gasteiger partial charge in [0, 0.05) is 31.5 Å². The summed E-state index contributed by atoms with van der Waals surface area (Å²) in [7, 11) is 3.45. The maximum absolute atomic E-state index is 12.9.